The molecule has 26 heavy (non-hydrogen) atoms. The van der Waals surface area contributed by atoms with Crippen LogP contribution in [0.1, 0.15) is 16.9 Å². The van der Waals surface area contributed by atoms with Crippen LogP contribution in [0.5, 0.6) is 11.5 Å². The van der Waals surface area contributed by atoms with E-state index in [-0.39, 0.29) is 12.4 Å². The van der Waals surface area contributed by atoms with Gasteiger partial charge in [-0.1, -0.05) is 29.8 Å². The van der Waals surface area contributed by atoms with E-state index in [9.17, 15) is 0 Å². The maximum Gasteiger partial charge on any atom is 0.161 e. The first-order chi connectivity index (χ1) is 12.2. The van der Waals surface area contributed by atoms with Crippen LogP contribution in [0.25, 0.3) is 0 Å². The number of ether oxygens (including phenoxy) is 2. The number of nitrogens with one attached hydrogen (secondary N) is 1. The van der Waals surface area contributed by atoms with Gasteiger partial charge >= 0.3 is 0 Å². The third-order valence-corrected chi connectivity index (χ3v) is 4.00. The molecule has 0 fully saturated rings. The number of methoxy groups -OCH3 is 1. The molecule has 0 spiro atoms. The minimum atomic E-state index is 0. The maximum absolute atomic E-state index is 5.90. The highest BCUT2D eigenvalue weighted by molar-refractivity contribution is 6.30. The van der Waals surface area contributed by atoms with Crippen molar-refractivity contribution in [3.05, 3.63) is 82.8 Å². The standard InChI is InChI=1S/C20H20ClNO3.ClH/c1-23-20-11-16(12-22-13-18-3-2-10-24-18)6-9-19(20)25-14-15-4-7-17(21)8-5-15;/h2-11,22H,12-14H2,1H3;1H/p-1. The Labute approximate surface area is 164 Å². The van der Waals surface area contributed by atoms with Crippen LogP contribution in [0.3, 0.4) is 0 Å². The first-order valence-electron chi connectivity index (χ1n) is 8.02. The fraction of sp³-hybridized carbons (Fsp3) is 0.200. The van der Waals surface area contributed by atoms with Crippen LogP contribution in [-0.4, -0.2) is 7.11 Å². The van der Waals surface area contributed by atoms with Crippen molar-refractivity contribution < 1.29 is 26.3 Å². The van der Waals surface area contributed by atoms with Gasteiger partial charge in [-0.25, -0.2) is 0 Å². The minimum absolute atomic E-state index is 0. The van der Waals surface area contributed by atoms with E-state index in [1.807, 2.05) is 54.6 Å². The van der Waals surface area contributed by atoms with Crippen molar-refractivity contribution in [2.24, 2.45) is 0 Å². The summed E-state index contributed by atoms with van der Waals surface area (Å²) in [5.41, 5.74) is 2.16. The summed E-state index contributed by atoms with van der Waals surface area (Å²) in [6.45, 7) is 1.86. The lowest BCUT2D eigenvalue weighted by molar-refractivity contribution is -0.00000606. The van der Waals surface area contributed by atoms with Gasteiger partial charge in [-0.15, -0.1) is 0 Å². The van der Waals surface area contributed by atoms with Gasteiger partial charge in [-0.2, -0.15) is 0 Å². The number of hydrogen-bond acceptors (Lipinski definition) is 4. The lowest BCUT2D eigenvalue weighted by atomic mass is 10.2. The smallest absolute Gasteiger partial charge is 0.161 e. The normalized spacial score (nSPS) is 10.2. The average Bonchev–Trinajstić information content (AvgIpc) is 3.15. The Morgan fingerprint density at radius 3 is 2.42 bits per heavy atom. The molecule has 0 radical (unpaired) electrons. The summed E-state index contributed by atoms with van der Waals surface area (Å²) in [5, 5.41) is 4.05. The minimum Gasteiger partial charge on any atom is -1.00 e. The van der Waals surface area contributed by atoms with Crippen LogP contribution >= 0.6 is 11.6 Å². The van der Waals surface area contributed by atoms with Gasteiger partial charge < -0.3 is 31.6 Å². The van der Waals surface area contributed by atoms with Crippen LogP contribution in [0.15, 0.2) is 65.3 Å². The molecule has 3 aromatic rings. The number of rotatable bonds is 8. The molecule has 1 N–H and O–H groups in total. The van der Waals surface area contributed by atoms with Gasteiger partial charge in [0.15, 0.2) is 11.5 Å². The molecule has 3 rings (SSSR count). The summed E-state index contributed by atoms with van der Waals surface area (Å²) >= 11 is 5.90. The van der Waals surface area contributed by atoms with Gasteiger partial charge in [-0.05, 0) is 47.5 Å². The monoisotopic (exact) mass is 392 g/mol. The lowest BCUT2D eigenvalue weighted by Gasteiger charge is -2.13. The van der Waals surface area contributed by atoms with Crippen LogP contribution in [0.4, 0.5) is 0 Å². The van der Waals surface area contributed by atoms with Crippen molar-refractivity contribution in [3.63, 3.8) is 0 Å². The molecule has 0 aliphatic heterocycles. The molecule has 138 valence electrons. The number of furan rings is 1. The maximum atomic E-state index is 5.90. The first kappa shape index (κ1) is 20.2. The third kappa shape index (κ3) is 5.70. The molecule has 0 atom stereocenters. The van der Waals surface area contributed by atoms with E-state index in [0.717, 1.165) is 16.9 Å². The molecule has 0 aliphatic carbocycles. The topological polar surface area (TPSA) is 43.6 Å². The van der Waals surface area contributed by atoms with Crippen LogP contribution in [-0.2, 0) is 19.7 Å². The largest absolute Gasteiger partial charge is 1.00 e. The second kappa shape index (κ2) is 10.1. The molecule has 0 amide bonds. The zero-order chi connectivity index (χ0) is 17.5. The Bertz CT molecular complexity index is 789. The van der Waals surface area contributed by atoms with Gasteiger partial charge in [0.2, 0.25) is 0 Å². The quantitative estimate of drug-likeness (QED) is 0.634. The van der Waals surface area contributed by atoms with Crippen molar-refractivity contribution in [2.45, 2.75) is 19.7 Å². The third-order valence-electron chi connectivity index (χ3n) is 3.74. The molecule has 1 heterocycles. The molecule has 0 unspecified atom stereocenters. The molecule has 2 aromatic carbocycles. The summed E-state index contributed by atoms with van der Waals surface area (Å²) in [6, 6.07) is 17.4. The highest BCUT2D eigenvalue weighted by Gasteiger charge is 2.07. The van der Waals surface area contributed by atoms with Crippen molar-refractivity contribution in [1.29, 1.82) is 0 Å². The van der Waals surface area contributed by atoms with E-state index in [2.05, 4.69) is 5.32 Å². The molecule has 0 aliphatic rings. The summed E-state index contributed by atoms with van der Waals surface area (Å²) in [4.78, 5) is 0. The van der Waals surface area contributed by atoms with E-state index in [1.54, 1.807) is 13.4 Å². The van der Waals surface area contributed by atoms with Crippen LogP contribution in [0.2, 0.25) is 5.02 Å². The Morgan fingerprint density at radius 1 is 0.962 bits per heavy atom. The first-order valence-corrected chi connectivity index (χ1v) is 8.39. The van der Waals surface area contributed by atoms with E-state index >= 15 is 0 Å². The van der Waals surface area contributed by atoms with Gasteiger partial charge in [0.1, 0.15) is 12.4 Å². The highest BCUT2D eigenvalue weighted by atomic mass is 35.5. The van der Waals surface area contributed by atoms with Crippen molar-refractivity contribution in [3.8, 4) is 11.5 Å². The Hall–Kier alpha value is -2.14. The summed E-state index contributed by atoms with van der Waals surface area (Å²) in [5.74, 6) is 2.34. The van der Waals surface area contributed by atoms with E-state index in [4.69, 9.17) is 25.5 Å². The molecule has 0 saturated heterocycles. The summed E-state index contributed by atoms with van der Waals surface area (Å²) in [7, 11) is 1.64. The summed E-state index contributed by atoms with van der Waals surface area (Å²) < 4.78 is 16.6. The number of halogens is 2. The molecule has 6 heteroatoms. The van der Waals surface area contributed by atoms with E-state index in [1.165, 1.54) is 0 Å². The van der Waals surface area contributed by atoms with Crippen LogP contribution in [0, 0.1) is 0 Å². The predicted octanol–water partition coefficient (Wildman–Crippen LogP) is 1.81. The number of benzene rings is 2. The molecular formula is C20H20Cl2NO3-. The van der Waals surface area contributed by atoms with Crippen molar-refractivity contribution in [1.82, 2.24) is 5.32 Å². The van der Waals surface area contributed by atoms with Crippen molar-refractivity contribution in [2.75, 3.05) is 7.11 Å². The molecular weight excluding hydrogens is 373 g/mol. The average molecular weight is 393 g/mol. The van der Waals surface area contributed by atoms with E-state index < -0.39 is 0 Å². The Kier molecular flexibility index (Phi) is 7.85. The zero-order valence-corrected chi connectivity index (χ0v) is 15.9. The SMILES string of the molecule is COc1cc(CNCc2ccco2)ccc1OCc1ccc(Cl)cc1.[Cl-]. The lowest BCUT2D eigenvalue weighted by Crippen LogP contribution is -3.00. The van der Waals surface area contributed by atoms with Gasteiger partial charge in [0.25, 0.3) is 0 Å². The molecule has 0 bridgehead atoms. The second-order valence-electron chi connectivity index (χ2n) is 5.58. The Morgan fingerprint density at radius 2 is 1.73 bits per heavy atom. The predicted molar refractivity (Wildman–Crippen MR) is 98.0 cm³/mol. The van der Waals surface area contributed by atoms with E-state index in [0.29, 0.717) is 36.2 Å². The number of hydrogen-bond donors (Lipinski definition) is 1. The van der Waals surface area contributed by atoms with Gasteiger partial charge in [0, 0.05) is 11.6 Å². The molecule has 1 aromatic heterocycles. The van der Waals surface area contributed by atoms with Gasteiger partial charge in [-0.3, -0.25) is 0 Å². The second-order valence-corrected chi connectivity index (χ2v) is 6.02. The van der Waals surface area contributed by atoms with Crippen molar-refractivity contribution >= 4 is 11.6 Å². The summed E-state index contributed by atoms with van der Waals surface area (Å²) in [6.07, 6.45) is 1.67. The fourth-order valence-corrected chi connectivity index (χ4v) is 2.55. The molecule has 4 nitrogen and oxygen atoms in total. The Balaban J connectivity index is 0.00000243. The van der Waals surface area contributed by atoms with Gasteiger partial charge in [0.05, 0.1) is 19.9 Å². The fourth-order valence-electron chi connectivity index (χ4n) is 2.43. The highest BCUT2D eigenvalue weighted by Crippen LogP contribution is 2.29. The molecule has 0 saturated carbocycles. The van der Waals surface area contributed by atoms with Crippen LogP contribution < -0.4 is 27.2 Å². The zero-order valence-electron chi connectivity index (χ0n) is 14.4.